The standard InChI is InChI=1S/C24H21BF2N2O3/c1-13-3-4-16(20-12-22(30)32-28-20)10-21(13)29-14(2)9-17(23(25)24(29)31)6-5-15-7-8-18(26)11-19(15)27/h3-4,7-12,30H,5-6,25H2,1-2H3. The summed E-state index contributed by atoms with van der Waals surface area (Å²) in [5.74, 6) is -1.48. The molecule has 0 unspecified atom stereocenters. The normalized spacial score (nSPS) is 11.1. The largest absolute Gasteiger partial charge is 0.479 e. The molecule has 0 aliphatic carbocycles. The predicted molar refractivity (Wildman–Crippen MR) is 121 cm³/mol. The van der Waals surface area contributed by atoms with Crippen LogP contribution in [0.3, 0.4) is 0 Å². The minimum Gasteiger partial charge on any atom is -0.479 e. The molecule has 0 fully saturated rings. The molecule has 1 N–H and O–H groups in total. The molecule has 32 heavy (non-hydrogen) atoms. The van der Waals surface area contributed by atoms with Crippen LogP contribution in [0, 0.1) is 25.5 Å². The zero-order chi connectivity index (χ0) is 23.0. The summed E-state index contributed by atoms with van der Waals surface area (Å²) >= 11 is 0. The van der Waals surface area contributed by atoms with Crippen LogP contribution in [0.25, 0.3) is 16.9 Å². The van der Waals surface area contributed by atoms with Gasteiger partial charge >= 0.3 is 5.95 Å². The Labute approximate surface area is 184 Å². The van der Waals surface area contributed by atoms with Crippen LogP contribution < -0.4 is 11.0 Å². The van der Waals surface area contributed by atoms with Gasteiger partial charge in [-0.2, -0.15) is 0 Å². The van der Waals surface area contributed by atoms with Gasteiger partial charge in [-0.1, -0.05) is 23.4 Å². The fourth-order valence-corrected chi connectivity index (χ4v) is 3.85. The Balaban J connectivity index is 1.71. The highest BCUT2D eigenvalue weighted by Crippen LogP contribution is 2.26. The third-order valence-electron chi connectivity index (χ3n) is 5.66. The first-order chi connectivity index (χ1) is 15.2. The highest BCUT2D eigenvalue weighted by molar-refractivity contribution is 6.33. The Hall–Kier alpha value is -3.68. The molecule has 0 radical (unpaired) electrons. The lowest BCUT2D eigenvalue weighted by Crippen LogP contribution is -2.38. The molecule has 4 rings (SSSR count). The van der Waals surface area contributed by atoms with Crippen molar-refractivity contribution in [3.05, 3.63) is 92.9 Å². The maximum Gasteiger partial charge on any atom is 0.309 e. The molecule has 0 saturated heterocycles. The topological polar surface area (TPSA) is 68.3 Å². The second-order valence-corrected chi connectivity index (χ2v) is 7.86. The summed E-state index contributed by atoms with van der Waals surface area (Å²) in [4.78, 5) is 13.3. The van der Waals surface area contributed by atoms with Gasteiger partial charge < -0.3 is 9.63 Å². The smallest absolute Gasteiger partial charge is 0.309 e. The number of rotatable bonds is 5. The van der Waals surface area contributed by atoms with E-state index in [0.29, 0.717) is 40.8 Å². The van der Waals surface area contributed by atoms with E-state index >= 15 is 0 Å². The molecule has 0 saturated carbocycles. The van der Waals surface area contributed by atoms with Crippen LogP contribution in [0.2, 0.25) is 0 Å². The van der Waals surface area contributed by atoms with Crippen molar-refractivity contribution in [2.24, 2.45) is 0 Å². The van der Waals surface area contributed by atoms with E-state index in [1.165, 1.54) is 18.2 Å². The molecule has 5 nitrogen and oxygen atoms in total. The molecule has 2 heterocycles. The monoisotopic (exact) mass is 434 g/mol. The summed E-state index contributed by atoms with van der Waals surface area (Å²) < 4.78 is 33.5. The molecule has 0 amide bonds. The van der Waals surface area contributed by atoms with Crippen LogP contribution in [0.4, 0.5) is 8.78 Å². The van der Waals surface area contributed by atoms with Gasteiger partial charge in [-0.15, -0.1) is 0 Å². The molecule has 4 aromatic rings. The summed E-state index contributed by atoms with van der Waals surface area (Å²) in [7, 11) is 1.75. The fourth-order valence-electron chi connectivity index (χ4n) is 3.85. The number of hydrogen-bond donors (Lipinski definition) is 1. The van der Waals surface area contributed by atoms with E-state index < -0.39 is 11.6 Å². The molecule has 0 aliphatic rings. The molecular formula is C24H21BF2N2O3. The number of pyridine rings is 1. The van der Waals surface area contributed by atoms with Gasteiger partial charge in [0, 0.05) is 17.3 Å². The molecule has 0 spiro atoms. The average molecular weight is 434 g/mol. The van der Waals surface area contributed by atoms with Crippen molar-refractivity contribution in [2.45, 2.75) is 26.7 Å². The van der Waals surface area contributed by atoms with Crippen molar-refractivity contribution < 1.29 is 18.4 Å². The van der Waals surface area contributed by atoms with Crippen LogP contribution in [0.15, 0.2) is 57.8 Å². The Morgan fingerprint density at radius 1 is 1.03 bits per heavy atom. The summed E-state index contributed by atoms with van der Waals surface area (Å²) in [6.07, 6.45) is 0.822. The third kappa shape index (κ3) is 4.08. The Bertz CT molecular complexity index is 1380. The first-order valence-corrected chi connectivity index (χ1v) is 10.2. The van der Waals surface area contributed by atoms with Crippen LogP contribution in [0.1, 0.15) is 22.4 Å². The van der Waals surface area contributed by atoms with Gasteiger partial charge in [-0.05, 0) is 67.0 Å². The number of aromatic nitrogens is 2. The predicted octanol–water partition coefficient (Wildman–Crippen LogP) is 3.14. The van der Waals surface area contributed by atoms with Gasteiger partial charge in [0.1, 0.15) is 25.2 Å². The quantitative estimate of drug-likeness (QED) is 0.491. The van der Waals surface area contributed by atoms with Crippen molar-refractivity contribution in [3.63, 3.8) is 0 Å². The van der Waals surface area contributed by atoms with Gasteiger partial charge in [-0.3, -0.25) is 9.36 Å². The Kier molecular flexibility index (Phi) is 5.69. The molecule has 0 aliphatic heterocycles. The zero-order valence-electron chi connectivity index (χ0n) is 17.9. The van der Waals surface area contributed by atoms with Gasteiger partial charge in [0.05, 0.1) is 11.8 Å². The van der Waals surface area contributed by atoms with E-state index in [0.717, 1.165) is 22.9 Å². The summed E-state index contributed by atoms with van der Waals surface area (Å²) in [6.45, 7) is 3.75. The van der Waals surface area contributed by atoms with Gasteiger partial charge in [0.25, 0.3) is 0 Å². The lowest BCUT2D eigenvalue weighted by molar-refractivity contribution is 0.278. The minimum absolute atomic E-state index is 0.164. The van der Waals surface area contributed by atoms with Crippen molar-refractivity contribution >= 4 is 13.3 Å². The van der Waals surface area contributed by atoms with E-state index in [9.17, 15) is 18.7 Å². The van der Waals surface area contributed by atoms with Crippen molar-refractivity contribution in [1.82, 2.24) is 9.72 Å². The van der Waals surface area contributed by atoms with Gasteiger partial charge in [-0.25, -0.2) is 8.78 Å². The first kappa shape index (κ1) is 21.6. The van der Waals surface area contributed by atoms with Crippen LogP contribution in [-0.2, 0) is 12.8 Å². The molecule has 0 atom stereocenters. The summed E-state index contributed by atoms with van der Waals surface area (Å²) in [5, 5.41) is 13.3. The van der Waals surface area contributed by atoms with E-state index in [1.54, 1.807) is 12.4 Å². The van der Waals surface area contributed by atoms with Crippen LogP contribution >= 0.6 is 0 Å². The minimum atomic E-state index is -0.612. The Morgan fingerprint density at radius 2 is 1.78 bits per heavy atom. The van der Waals surface area contributed by atoms with Crippen LogP contribution in [0.5, 0.6) is 5.95 Å². The number of aryl methyl sites for hydroxylation is 4. The third-order valence-corrected chi connectivity index (χ3v) is 5.66. The second-order valence-electron chi connectivity index (χ2n) is 7.86. The number of benzene rings is 2. The van der Waals surface area contributed by atoms with Gasteiger partial charge in [0.2, 0.25) is 5.56 Å². The number of aromatic hydroxyl groups is 1. The molecule has 0 bridgehead atoms. The molecule has 2 aromatic carbocycles. The van der Waals surface area contributed by atoms with E-state index in [2.05, 4.69) is 5.16 Å². The molecular weight excluding hydrogens is 413 g/mol. The maximum absolute atomic E-state index is 14.0. The summed E-state index contributed by atoms with van der Waals surface area (Å²) in [6, 6.07) is 12.4. The van der Waals surface area contributed by atoms with E-state index in [1.807, 2.05) is 38.1 Å². The van der Waals surface area contributed by atoms with Gasteiger partial charge in [0.15, 0.2) is 0 Å². The van der Waals surface area contributed by atoms with E-state index in [4.69, 9.17) is 4.52 Å². The van der Waals surface area contributed by atoms with Crippen molar-refractivity contribution in [1.29, 1.82) is 0 Å². The SMILES string of the molecule is Bc1c(CCc2ccc(F)cc2F)cc(C)n(-c2cc(-c3cc(O)on3)ccc2C)c1=O. The zero-order valence-corrected chi connectivity index (χ0v) is 17.9. The second kappa shape index (κ2) is 8.46. The highest BCUT2D eigenvalue weighted by Gasteiger charge is 2.15. The number of nitrogens with zero attached hydrogens (tertiary/aromatic N) is 2. The molecule has 2 aromatic heterocycles. The van der Waals surface area contributed by atoms with Crippen molar-refractivity contribution in [3.8, 4) is 22.9 Å². The lowest BCUT2D eigenvalue weighted by Gasteiger charge is -2.17. The Morgan fingerprint density at radius 3 is 2.47 bits per heavy atom. The maximum atomic E-state index is 14.0. The lowest BCUT2D eigenvalue weighted by atomic mass is 9.88. The van der Waals surface area contributed by atoms with Crippen LogP contribution in [-0.4, -0.2) is 22.7 Å². The van der Waals surface area contributed by atoms with Crippen molar-refractivity contribution in [2.75, 3.05) is 0 Å². The molecule has 162 valence electrons. The average Bonchev–Trinajstić information content (AvgIpc) is 3.18. The highest BCUT2D eigenvalue weighted by atomic mass is 19.1. The fraction of sp³-hybridized carbons (Fsp3) is 0.167. The first-order valence-electron chi connectivity index (χ1n) is 10.2. The van der Waals surface area contributed by atoms with E-state index in [-0.39, 0.29) is 11.5 Å². The molecule has 8 heteroatoms. The number of halogens is 2. The summed E-state index contributed by atoms with van der Waals surface area (Å²) in [5.41, 5.74) is 5.13. The number of hydrogen-bond acceptors (Lipinski definition) is 4.